The normalized spacial score (nSPS) is 17.9. The molecular weight excluding hydrogens is 372 g/mol. The second kappa shape index (κ2) is 8.55. The number of aromatic nitrogens is 2. The van der Waals surface area contributed by atoms with Crippen LogP contribution in [0.15, 0.2) is 24.3 Å². The van der Waals surface area contributed by atoms with Crippen molar-refractivity contribution in [2.75, 3.05) is 31.4 Å². The fourth-order valence-electron chi connectivity index (χ4n) is 3.55. The van der Waals surface area contributed by atoms with Gasteiger partial charge in [-0.2, -0.15) is 4.98 Å². The average Bonchev–Trinajstić information content (AvgIpc) is 3.18. The van der Waals surface area contributed by atoms with Gasteiger partial charge in [-0.25, -0.2) is 4.98 Å². The second-order valence-electron chi connectivity index (χ2n) is 7.59. The lowest BCUT2D eigenvalue weighted by Gasteiger charge is -2.31. The molecule has 0 spiro atoms. The topological polar surface area (TPSA) is 85.8 Å². The predicted octanol–water partition coefficient (Wildman–Crippen LogP) is 2.45. The fraction of sp³-hybridized carbons (Fsp3) is 0.476. The van der Waals surface area contributed by atoms with Gasteiger partial charge in [0.1, 0.15) is 0 Å². The van der Waals surface area contributed by atoms with Gasteiger partial charge in [0.2, 0.25) is 18.6 Å². The van der Waals surface area contributed by atoms with E-state index in [1.165, 1.54) is 6.42 Å². The molecule has 1 amide bonds. The Morgan fingerprint density at radius 2 is 2.14 bits per heavy atom. The summed E-state index contributed by atoms with van der Waals surface area (Å²) in [5.74, 6) is 2.92. The number of hydrogen-bond donors (Lipinski definition) is 1. The van der Waals surface area contributed by atoms with Crippen LogP contribution < -0.4 is 24.4 Å². The molecule has 2 aromatic rings. The standard InChI is InChI=1S/C21H26N4O4/c1-14-4-3-7-25(11-14)21-23-15(2)8-20(24-21)27-12-19(26)22-10-16-5-6-17-18(9-16)29-13-28-17/h5-6,8-9,14H,3-4,7,10-13H2,1-2H3,(H,22,26). The number of nitrogens with one attached hydrogen (secondary N) is 1. The van der Waals surface area contributed by atoms with Crippen molar-refractivity contribution in [1.29, 1.82) is 0 Å². The summed E-state index contributed by atoms with van der Waals surface area (Å²) >= 11 is 0. The molecule has 29 heavy (non-hydrogen) atoms. The van der Waals surface area contributed by atoms with Crippen molar-refractivity contribution >= 4 is 11.9 Å². The monoisotopic (exact) mass is 398 g/mol. The van der Waals surface area contributed by atoms with E-state index >= 15 is 0 Å². The molecule has 8 heteroatoms. The smallest absolute Gasteiger partial charge is 0.258 e. The molecule has 1 N–H and O–H groups in total. The number of rotatable bonds is 6. The van der Waals surface area contributed by atoms with Gasteiger partial charge in [-0.15, -0.1) is 0 Å². The van der Waals surface area contributed by atoms with Gasteiger partial charge in [0.25, 0.3) is 5.91 Å². The quantitative estimate of drug-likeness (QED) is 0.800. The molecule has 0 saturated carbocycles. The summed E-state index contributed by atoms with van der Waals surface area (Å²) in [5, 5.41) is 2.84. The van der Waals surface area contributed by atoms with Gasteiger partial charge >= 0.3 is 0 Å². The number of carbonyl (C=O) groups excluding carboxylic acids is 1. The summed E-state index contributed by atoms with van der Waals surface area (Å²) in [6.45, 7) is 6.56. The van der Waals surface area contributed by atoms with Crippen molar-refractivity contribution in [3.05, 3.63) is 35.5 Å². The molecular formula is C21H26N4O4. The van der Waals surface area contributed by atoms with Crippen molar-refractivity contribution in [1.82, 2.24) is 15.3 Å². The van der Waals surface area contributed by atoms with Crippen LogP contribution in [0.3, 0.4) is 0 Å². The van der Waals surface area contributed by atoms with Crippen LogP contribution in [-0.2, 0) is 11.3 Å². The average molecular weight is 398 g/mol. The Morgan fingerprint density at radius 1 is 1.28 bits per heavy atom. The summed E-state index contributed by atoms with van der Waals surface area (Å²) in [6, 6.07) is 7.35. The predicted molar refractivity (Wildman–Crippen MR) is 107 cm³/mol. The number of nitrogens with zero attached hydrogens (tertiary/aromatic N) is 3. The van der Waals surface area contributed by atoms with Crippen LogP contribution >= 0.6 is 0 Å². The van der Waals surface area contributed by atoms with Crippen molar-refractivity contribution in [2.45, 2.75) is 33.2 Å². The van der Waals surface area contributed by atoms with E-state index in [4.69, 9.17) is 14.2 Å². The van der Waals surface area contributed by atoms with Crippen molar-refractivity contribution in [2.24, 2.45) is 5.92 Å². The molecule has 0 bridgehead atoms. The number of fused-ring (bicyclic) bond motifs is 1. The maximum absolute atomic E-state index is 12.2. The lowest BCUT2D eigenvalue weighted by atomic mass is 10.0. The summed E-state index contributed by atoms with van der Waals surface area (Å²) in [4.78, 5) is 23.4. The van der Waals surface area contributed by atoms with Gasteiger partial charge in [0.05, 0.1) is 0 Å². The zero-order chi connectivity index (χ0) is 20.2. The summed E-state index contributed by atoms with van der Waals surface area (Å²) in [5.41, 5.74) is 1.76. The lowest BCUT2D eigenvalue weighted by Crippen LogP contribution is -2.35. The van der Waals surface area contributed by atoms with Gasteiger partial charge < -0.3 is 24.4 Å². The Balaban J connectivity index is 1.30. The molecule has 1 saturated heterocycles. The summed E-state index contributed by atoms with van der Waals surface area (Å²) < 4.78 is 16.3. The van der Waals surface area contributed by atoms with E-state index in [0.717, 1.165) is 36.5 Å². The number of piperidine rings is 1. The number of benzene rings is 1. The Labute approximate surface area is 170 Å². The third-order valence-corrected chi connectivity index (χ3v) is 5.04. The molecule has 1 aromatic heterocycles. The molecule has 3 heterocycles. The van der Waals surface area contributed by atoms with Gasteiger partial charge in [-0.05, 0) is 43.4 Å². The lowest BCUT2D eigenvalue weighted by molar-refractivity contribution is -0.123. The Hall–Kier alpha value is -3.03. The molecule has 154 valence electrons. The van der Waals surface area contributed by atoms with Crippen LogP contribution in [-0.4, -0.2) is 42.4 Å². The third kappa shape index (κ3) is 4.88. The summed E-state index contributed by atoms with van der Waals surface area (Å²) in [7, 11) is 0. The van der Waals surface area contributed by atoms with Crippen LogP contribution in [0.1, 0.15) is 31.0 Å². The van der Waals surface area contributed by atoms with Crippen LogP contribution in [0.5, 0.6) is 17.4 Å². The molecule has 8 nitrogen and oxygen atoms in total. The van der Waals surface area contributed by atoms with E-state index in [2.05, 4.69) is 27.1 Å². The van der Waals surface area contributed by atoms with E-state index < -0.39 is 0 Å². The van der Waals surface area contributed by atoms with E-state index in [1.54, 1.807) is 6.07 Å². The minimum atomic E-state index is -0.216. The number of ether oxygens (including phenoxy) is 3. The fourth-order valence-corrected chi connectivity index (χ4v) is 3.55. The Kier molecular flexibility index (Phi) is 5.69. The van der Waals surface area contributed by atoms with E-state index in [9.17, 15) is 4.79 Å². The van der Waals surface area contributed by atoms with Crippen molar-refractivity contribution < 1.29 is 19.0 Å². The first-order valence-electron chi connectivity index (χ1n) is 9.95. The first-order valence-corrected chi connectivity index (χ1v) is 9.95. The number of hydrogen-bond acceptors (Lipinski definition) is 7. The molecule has 1 atom stereocenters. The highest BCUT2D eigenvalue weighted by Gasteiger charge is 2.20. The van der Waals surface area contributed by atoms with Crippen LogP contribution in [0, 0.1) is 12.8 Å². The highest BCUT2D eigenvalue weighted by Crippen LogP contribution is 2.32. The number of amides is 1. The molecule has 1 fully saturated rings. The molecule has 2 aliphatic rings. The first-order chi connectivity index (χ1) is 14.1. The number of carbonyl (C=O) groups is 1. The third-order valence-electron chi connectivity index (χ3n) is 5.04. The second-order valence-corrected chi connectivity index (χ2v) is 7.59. The highest BCUT2D eigenvalue weighted by molar-refractivity contribution is 5.77. The van der Waals surface area contributed by atoms with Crippen LogP contribution in [0.4, 0.5) is 5.95 Å². The first kappa shape index (κ1) is 19.3. The van der Waals surface area contributed by atoms with E-state index in [-0.39, 0.29) is 19.3 Å². The van der Waals surface area contributed by atoms with Crippen LogP contribution in [0.25, 0.3) is 0 Å². The molecule has 2 aliphatic heterocycles. The van der Waals surface area contributed by atoms with E-state index in [0.29, 0.717) is 30.0 Å². The van der Waals surface area contributed by atoms with Crippen molar-refractivity contribution in [3.8, 4) is 17.4 Å². The molecule has 0 radical (unpaired) electrons. The van der Waals surface area contributed by atoms with Gasteiger partial charge in [0.15, 0.2) is 18.1 Å². The Morgan fingerprint density at radius 3 is 3.00 bits per heavy atom. The zero-order valence-corrected chi connectivity index (χ0v) is 16.8. The number of aryl methyl sites for hydroxylation is 1. The van der Waals surface area contributed by atoms with Gasteiger partial charge in [0, 0.05) is 31.4 Å². The van der Waals surface area contributed by atoms with Gasteiger partial charge in [-0.1, -0.05) is 13.0 Å². The maximum atomic E-state index is 12.2. The van der Waals surface area contributed by atoms with Gasteiger partial charge in [-0.3, -0.25) is 4.79 Å². The SMILES string of the molecule is Cc1cc(OCC(=O)NCc2ccc3c(c2)OCO3)nc(N2CCCC(C)C2)n1. The molecule has 1 aromatic carbocycles. The number of anilines is 1. The minimum absolute atomic E-state index is 0.100. The largest absolute Gasteiger partial charge is 0.467 e. The molecule has 1 unspecified atom stereocenters. The molecule has 4 rings (SSSR count). The van der Waals surface area contributed by atoms with Crippen molar-refractivity contribution in [3.63, 3.8) is 0 Å². The maximum Gasteiger partial charge on any atom is 0.258 e. The highest BCUT2D eigenvalue weighted by atomic mass is 16.7. The van der Waals surface area contributed by atoms with Crippen LogP contribution in [0.2, 0.25) is 0 Å². The zero-order valence-electron chi connectivity index (χ0n) is 16.8. The minimum Gasteiger partial charge on any atom is -0.467 e. The van der Waals surface area contributed by atoms with E-state index in [1.807, 2.05) is 25.1 Å². The Bertz CT molecular complexity index is 889. The summed E-state index contributed by atoms with van der Waals surface area (Å²) in [6.07, 6.45) is 2.37. The molecule has 0 aliphatic carbocycles.